The first kappa shape index (κ1) is 19.0. The molecule has 1 fully saturated rings. The Morgan fingerprint density at radius 1 is 1.28 bits per heavy atom. The summed E-state index contributed by atoms with van der Waals surface area (Å²) in [7, 11) is 1.73. The third-order valence-electron chi connectivity index (χ3n) is 3.87. The number of carbonyl (C=O) groups excluding carboxylic acids is 2. The Labute approximate surface area is 143 Å². The topological polar surface area (TPSA) is 71.9 Å². The van der Waals surface area contributed by atoms with Gasteiger partial charge in [0.1, 0.15) is 5.75 Å². The van der Waals surface area contributed by atoms with Gasteiger partial charge in [-0.2, -0.15) is 0 Å². The highest BCUT2D eigenvalue weighted by atomic mass is 19.4. The van der Waals surface area contributed by atoms with E-state index in [0.29, 0.717) is 10.6 Å². The third-order valence-corrected chi connectivity index (χ3v) is 3.87. The summed E-state index contributed by atoms with van der Waals surface area (Å²) >= 11 is 0. The Morgan fingerprint density at radius 2 is 1.88 bits per heavy atom. The van der Waals surface area contributed by atoms with Crippen LogP contribution in [0.25, 0.3) is 0 Å². The highest BCUT2D eigenvalue weighted by Crippen LogP contribution is 2.23. The van der Waals surface area contributed by atoms with Gasteiger partial charge in [0.15, 0.2) is 12.6 Å². The van der Waals surface area contributed by atoms with Crippen LogP contribution >= 0.6 is 0 Å². The summed E-state index contributed by atoms with van der Waals surface area (Å²) in [5.41, 5.74) is 0.349. The van der Waals surface area contributed by atoms with Crippen molar-refractivity contribution in [2.75, 3.05) is 18.9 Å². The molecular weight excluding hydrogens is 339 g/mol. The van der Waals surface area contributed by atoms with Crippen molar-refractivity contribution < 1.29 is 32.4 Å². The molecule has 0 bridgehead atoms. The molecule has 1 unspecified atom stereocenters. The molecule has 0 aromatic heterocycles. The molecule has 0 spiro atoms. The van der Waals surface area contributed by atoms with Gasteiger partial charge in [-0.3, -0.25) is 9.59 Å². The van der Waals surface area contributed by atoms with Gasteiger partial charge in [-0.15, -0.1) is 13.2 Å². The number of anilines is 1. The van der Waals surface area contributed by atoms with Crippen LogP contribution in [-0.4, -0.2) is 43.9 Å². The molecule has 138 valence electrons. The molecule has 3 N–H and O–H groups in total. The smallest absolute Gasteiger partial charge is 0.406 e. The lowest BCUT2D eigenvalue weighted by Gasteiger charge is -2.20. The SMILES string of the molecule is C[C@H](C(=O)NC1CC1)[NH+](C)CC(=O)Nc1ccc(OC(F)(F)F)cc1. The molecule has 1 saturated carbocycles. The van der Waals surface area contributed by atoms with Gasteiger partial charge in [-0.25, -0.2) is 0 Å². The fourth-order valence-electron chi connectivity index (χ4n) is 2.13. The number of carbonyl (C=O) groups is 2. The van der Waals surface area contributed by atoms with Gasteiger partial charge < -0.3 is 20.3 Å². The van der Waals surface area contributed by atoms with Crippen LogP contribution in [0.2, 0.25) is 0 Å². The van der Waals surface area contributed by atoms with Gasteiger partial charge >= 0.3 is 6.36 Å². The highest BCUT2D eigenvalue weighted by molar-refractivity contribution is 5.91. The Balaban J connectivity index is 1.81. The van der Waals surface area contributed by atoms with E-state index in [1.54, 1.807) is 14.0 Å². The van der Waals surface area contributed by atoms with E-state index in [-0.39, 0.29) is 36.2 Å². The number of hydrogen-bond acceptors (Lipinski definition) is 3. The normalized spacial score (nSPS) is 16.7. The summed E-state index contributed by atoms with van der Waals surface area (Å²) in [5, 5.41) is 5.47. The summed E-state index contributed by atoms with van der Waals surface area (Å²) in [5.74, 6) is -0.798. The van der Waals surface area contributed by atoms with Crippen molar-refractivity contribution in [1.29, 1.82) is 0 Å². The maximum Gasteiger partial charge on any atom is 0.573 e. The van der Waals surface area contributed by atoms with Gasteiger partial charge in [0.2, 0.25) is 0 Å². The van der Waals surface area contributed by atoms with E-state index < -0.39 is 6.36 Å². The van der Waals surface area contributed by atoms with E-state index in [9.17, 15) is 22.8 Å². The molecule has 2 atom stereocenters. The second-order valence-electron chi connectivity index (χ2n) is 6.15. The first-order valence-electron chi connectivity index (χ1n) is 7.92. The van der Waals surface area contributed by atoms with Crippen molar-refractivity contribution in [2.45, 2.75) is 38.2 Å². The molecule has 0 heterocycles. The van der Waals surface area contributed by atoms with Crippen LogP contribution in [0.4, 0.5) is 18.9 Å². The quantitative estimate of drug-likeness (QED) is 0.671. The van der Waals surface area contributed by atoms with Gasteiger partial charge in [-0.1, -0.05) is 0 Å². The number of nitrogens with one attached hydrogen (secondary N) is 3. The lowest BCUT2D eigenvalue weighted by molar-refractivity contribution is -0.885. The van der Waals surface area contributed by atoms with E-state index in [4.69, 9.17) is 0 Å². The number of halogens is 3. The maximum atomic E-state index is 12.1. The highest BCUT2D eigenvalue weighted by Gasteiger charge is 2.31. The number of quaternary nitrogens is 1. The van der Waals surface area contributed by atoms with Crippen LogP contribution in [0, 0.1) is 0 Å². The molecule has 0 saturated heterocycles. The molecule has 1 aliphatic rings. The van der Waals surface area contributed by atoms with Crippen LogP contribution in [0.3, 0.4) is 0 Å². The molecule has 1 aromatic rings. The standard InChI is InChI=1S/C16H20F3N3O3/c1-10(15(24)21-12-3-4-12)22(2)9-14(23)20-11-5-7-13(8-6-11)25-16(17,18)19/h5-8,10,12H,3-4,9H2,1-2H3,(H,20,23)(H,21,24)/p+1/t10-/m1/s1. The molecule has 2 amide bonds. The van der Waals surface area contributed by atoms with Crippen molar-refractivity contribution >= 4 is 17.5 Å². The molecule has 25 heavy (non-hydrogen) atoms. The monoisotopic (exact) mass is 360 g/mol. The summed E-state index contributed by atoms with van der Waals surface area (Å²) in [6.45, 7) is 1.80. The van der Waals surface area contributed by atoms with Gasteiger partial charge in [0.25, 0.3) is 11.8 Å². The third kappa shape index (κ3) is 6.61. The molecule has 1 aromatic carbocycles. The lowest BCUT2D eigenvalue weighted by Crippen LogP contribution is -3.15. The minimum atomic E-state index is -4.76. The molecule has 2 rings (SSSR count). The molecule has 0 aliphatic heterocycles. The number of benzene rings is 1. The van der Waals surface area contributed by atoms with Crippen LogP contribution in [0.5, 0.6) is 5.75 Å². The van der Waals surface area contributed by atoms with Crippen LogP contribution < -0.4 is 20.3 Å². The fraction of sp³-hybridized carbons (Fsp3) is 0.500. The largest absolute Gasteiger partial charge is 0.573 e. The average molecular weight is 360 g/mol. The van der Waals surface area contributed by atoms with Gasteiger partial charge in [0, 0.05) is 11.7 Å². The predicted molar refractivity (Wildman–Crippen MR) is 84.1 cm³/mol. The van der Waals surface area contributed by atoms with E-state index in [0.717, 1.165) is 25.0 Å². The number of alkyl halides is 3. The molecule has 1 aliphatic carbocycles. The van der Waals surface area contributed by atoms with Gasteiger partial charge in [0.05, 0.1) is 7.05 Å². The van der Waals surface area contributed by atoms with Crippen molar-refractivity contribution in [3.05, 3.63) is 24.3 Å². The number of hydrogen-bond donors (Lipinski definition) is 3. The number of ether oxygens (including phenoxy) is 1. The maximum absolute atomic E-state index is 12.1. The van der Waals surface area contributed by atoms with E-state index >= 15 is 0 Å². The van der Waals surface area contributed by atoms with Crippen LogP contribution in [0.15, 0.2) is 24.3 Å². The van der Waals surface area contributed by atoms with Crippen molar-refractivity contribution in [3.63, 3.8) is 0 Å². The van der Waals surface area contributed by atoms with E-state index in [1.807, 2.05) is 0 Å². The van der Waals surface area contributed by atoms with E-state index in [1.165, 1.54) is 12.1 Å². The molecule has 0 radical (unpaired) electrons. The summed E-state index contributed by atoms with van der Waals surface area (Å²) in [6.07, 6.45) is -2.77. The number of amides is 2. The first-order valence-corrected chi connectivity index (χ1v) is 7.92. The van der Waals surface area contributed by atoms with Gasteiger partial charge in [-0.05, 0) is 44.0 Å². The van der Waals surface area contributed by atoms with Crippen molar-refractivity contribution in [3.8, 4) is 5.75 Å². The van der Waals surface area contributed by atoms with Crippen molar-refractivity contribution in [1.82, 2.24) is 5.32 Å². The zero-order valence-corrected chi connectivity index (χ0v) is 13.9. The van der Waals surface area contributed by atoms with Crippen molar-refractivity contribution in [2.24, 2.45) is 0 Å². The zero-order valence-electron chi connectivity index (χ0n) is 13.9. The Bertz CT molecular complexity index is 615. The molecule has 6 nitrogen and oxygen atoms in total. The minimum absolute atomic E-state index is 0.0556. The number of likely N-dealkylation sites (N-methyl/N-ethyl adjacent to an activating group) is 1. The Morgan fingerprint density at radius 3 is 2.40 bits per heavy atom. The Hall–Kier alpha value is -2.29. The fourth-order valence-corrected chi connectivity index (χ4v) is 2.13. The molecular formula is C16H21F3N3O3+. The van der Waals surface area contributed by atoms with Crippen LogP contribution in [-0.2, 0) is 9.59 Å². The second-order valence-corrected chi connectivity index (χ2v) is 6.15. The number of rotatable bonds is 7. The lowest BCUT2D eigenvalue weighted by atomic mass is 10.2. The zero-order chi connectivity index (χ0) is 18.6. The minimum Gasteiger partial charge on any atom is -0.406 e. The average Bonchev–Trinajstić information content (AvgIpc) is 3.30. The predicted octanol–water partition coefficient (Wildman–Crippen LogP) is 0.705. The first-order chi connectivity index (χ1) is 11.6. The van der Waals surface area contributed by atoms with E-state index in [2.05, 4.69) is 15.4 Å². The van der Waals surface area contributed by atoms with Crippen LogP contribution in [0.1, 0.15) is 19.8 Å². The summed E-state index contributed by atoms with van der Waals surface area (Å²) in [6, 6.07) is 4.74. The molecule has 9 heteroatoms. The summed E-state index contributed by atoms with van der Waals surface area (Å²) in [4.78, 5) is 24.7. The second kappa shape index (κ2) is 7.73. The Kier molecular flexibility index (Phi) is 5.89. The summed E-state index contributed by atoms with van der Waals surface area (Å²) < 4.78 is 40.0.